The molecule has 1 atom stereocenters. The zero-order chi connectivity index (χ0) is 16.9. The van der Waals surface area contributed by atoms with Crippen molar-refractivity contribution in [3.05, 3.63) is 60.2 Å². The third-order valence-corrected chi connectivity index (χ3v) is 4.48. The van der Waals surface area contributed by atoms with Crippen LogP contribution in [0.2, 0.25) is 0 Å². The Kier molecular flexibility index (Phi) is 6.67. The quantitative estimate of drug-likeness (QED) is 0.878. The Morgan fingerprint density at radius 1 is 1.00 bits per heavy atom. The van der Waals surface area contributed by atoms with Gasteiger partial charge in [0.1, 0.15) is 5.75 Å². The molecule has 0 aliphatic carbocycles. The number of nitrogens with two attached hydrogens (primary N) is 1. The Balaban J connectivity index is 0.00000225. The van der Waals surface area contributed by atoms with Gasteiger partial charge in [0.05, 0.1) is 5.69 Å². The molecule has 3 rings (SSSR count). The van der Waals surface area contributed by atoms with Crippen molar-refractivity contribution in [3.8, 4) is 5.75 Å². The third-order valence-electron chi connectivity index (χ3n) is 4.48. The molecule has 1 unspecified atom stereocenters. The fraction of sp³-hybridized carbons (Fsp3) is 0.316. The number of para-hydroxylation sites is 2. The molecular weight excluding hydrogens is 338 g/mol. The second kappa shape index (κ2) is 8.74. The topological polar surface area (TPSA) is 69.8 Å². The zero-order valence-electron chi connectivity index (χ0n) is 14.0. The van der Waals surface area contributed by atoms with E-state index in [2.05, 4.69) is 4.90 Å². The molecule has 1 saturated heterocycles. The van der Waals surface area contributed by atoms with Crippen molar-refractivity contribution < 1.29 is 9.90 Å². The standard InChI is InChI=1S/C19H23N3O2.ClH/c20-16(15-6-2-1-3-7-15)14-19(24)22-12-10-21(11-13-22)17-8-4-5-9-18(17)23;/h1-9,16,23H,10-14,20H2;1H. The molecule has 5 nitrogen and oxygen atoms in total. The first-order valence-corrected chi connectivity index (χ1v) is 8.26. The number of benzene rings is 2. The van der Waals surface area contributed by atoms with Crippen LogP contribution in [0.25, 0.3) is 0 Å². The number of nitrogens with zero attached hydrogens (tertiary/aromatic N) is 2. The summed E-state index contributed by atoms with van der Waals surface area (Å²) in [6, 6.07) is 16.8. The maximum absolute atomic E-state index is 12.5. The minimum atomic E-state index is -0.269. The van der Waals surface area contributed by atoms with Gasteiger partial charge in [-0.05, 0) is 17.7 Å². The van der Waals surface area contributed by atoms with Gasteiger partial charge in [-0.1, -0.05) is 42.5 Å². The third kappa shape index (κ3) is 4.65. The van der Waals surface area contributed by atoms with Crippen LogP contribution in [0.1, 0.15) is 18.0 Å². The van der Waals surface area contributed by atoms with E-state index < -0.39 is 0 Å². The lowest BCUT2D eigenvalue weighted by molar-refractivity contribution is -0.131. The van der Waals surface area contributed by atoms with E-state index >= 15 is 0 Å². The summed E-state index contributed by atoms with van der Waals surface area (Å²) in [6.45, 7) is 2.72. The van der Waals surface area contributed by atoms with Crippen molar-refractivity contribution in [2.24, 2.45) is 5.73 Å². The molecule has 134 valence electrons. The number of phenolic OH excluding ortho intramolecular Hbond substituents is 1. The maximum Gasteiger partial charge on any atom is 0.224 e. The predicted octanol–water partition coefficient (Wildman–Crippen LogP) is 2.55. The van der Waals surface area contributed by atoms with Crippen LogP contribution in [0.5, 0.6) is 5.75 Å². The number of carbonyl (C=O) groups is 1. The van der Waals surface area contributed by atoms with Crippen molar-refractivity contribution in [1.82, 2.24) is 4.90 Å². The number of carbonyl (C=O) groups excluding carboxylic acids is 1. The Hall–Kier alpha value is -2.24. The van der Waals surface area contributed by atoms with E-state index in [1.165, 1.54) is 0 Å². The Bertz CT molecular complexity index is 688. The molecular formula is C19H24ClN3O2. The molecule has 6 heteroatoms. The highest BCUT2D eigenvalue weighted by Gasteiger charge is 2.24. The average molecular weight is 362 g/mol. The summed E-state index contributed by atoms with van der Waals surface area (Å²) in [6.07, 6.45) is 0.320. The van der Waals surface area contributed by atoms with Gasteiger partial charge in [-0.25, -0.2) is 0 Å². The van der Waals surface area contributed by atoms with Crippen LogP contribution in [-0.4, -0.2) is 42.1 Å². The van der Waals surface area contributed by atoms with Gasteiger partial charge in [0, 0.05) is 38.6 Å². The number of hydrogen-bond donors (Lipinski definition) is 2. The highest BCUT2D eigenvalue weighted by Crippen LogP contribution is 2.27. The van der Waals surface area contributed by atoms with E-state index in [-0.39, 0.29) is 30.1 Å². The van der Waals surface area contributed by atoms with Gasteiger partial charge in [-0.2, -0.15) is 0 Å². The summed E-state index contributed by atoms with van der Waals surface area (Å²) in [5.74, 6) is 0.367. The monoisotopic (exact) mass is 361 g/mol. The molecule has 0 saturated carbocycles. The molecule has 0 aromatic heterocycles. The largest absolute Gasteiger partial charge is 0.506 e. The minimum Gasteiger partial charge on any atom is -0.506 e. The van der Waals surface area contributed by atoms with Crippen LogP contribution in [0.15, 0.2) is 54.6 Å². The number of piperazine rings is 1. The van der Waals surface area contributed by atoms with Gasteiger partial charge >= 0.3 is 0 Å². The fourth-order valence-corrected chi connectivity index (χ4v) is 3.06. The van der Waals surface area contributed by atoms with E-state index in [0.29, 0.717) is 32.6 Å². The molecule has 3 N–H and O–H groups in total. The SMILES string of the molecule is Cl.NC(CC(=O)N1CCN(c2ccccc2O)CC1)c1ccccc1. The van der Waals surface area contributed by atoms with E-state index in [1.54, 1.807) is 6.07 Å². The van der Waals surface area contributed by atoms with E-state index in [9.17, 15) is 9.90 Å². The summed E-state index contributed by atoms with van der Waals surface area (Å²) in [7, 11) is 0. The molecule has 0 bridgehead atoms. The van der Waals surface area contributed by atoms with Crippen LogP contribution >= 0.6 is 12.4 Å². The lowest BCUT2D eigenvalue weighted by Gasteiger charge is -2.36. The highest BCUT2D eigenvalue weighted by atomic mass is 35.5. The van der Waals surface area contributed by atoms with E-state index in [1.807, 2.05) is 53.4 Å². The summed E-state index contributed by atoms with van der Waals surface area (Å²) < 4.78 is 0. The smallest absolute Gasteiger partial charge is 0.224 e. The van der Waals surface area contributed by atoms with Crippen LogP contribution < -0.4 is 10.6 Å². The molecule has 1 amide bonds. The molecule has 1 aliphatic heterocycles. The van der Waals surface area contributed by atoms with Crippen molar-refractivity contribution in [3.63, 3.8) is 0 Å². The molecule has 0 radical (unpaired) electrons. The van der Waals surface area contributed by atoms with Crippen molar-refractivity contribution in [2.45, 2.75) is 12.5 Å². The number of hydrogen-bond acceptors (Lipinski definition) is 4. The number of anilines is 1. The van der Waals surface area contributed by atoms with Crippen LogP contribution in [-0.2, 0) is 4.79 Å². The molecule has 1 aliphatic rings. The molecule has 1 heterocycles. The average Bonchev–Trinajstić information content (AvgIpc) is 2.63. The minimum absolute atomic E-state index is 0. The van der Waals surface area contributed by atoms with Crippen LogP contribution in [0, 0.1) is 0 Å². The number of halogens is 1. The van der Waals surface area contributed by atoms with Crippen LogP contribution in [0.4, 0.5) is 5.69 Å². The van der Waals surface area contributed by atoms with Gasteiger partial charge in [0.15, 0.2) is 0 Å². The normalized spacial score (nSPS) is 15.4. The second-order valence-electron chi connectivity index (χ2n) is 6.08. The van der Waals surface area contributed by atoms with Gasteiger partial charge in [-0.15, -0.1) is 12.4 Å². The molecule has 1 fully saturated rings. The highest BCUT2D eigenvalue weighted by molar-refractivity contribution is 5.85. The van der Waals surface area contributed by atoms with E-state index in [0.717, 1.165) is 11.3 Å². The Labute approximate surface area is 154 Å². The number of rotatable bonds is 4. The van der Waals surface area contributed by atoms with Gasteiger partial charge in [0.2, 0.25) is 5.91 Å². The molecule has 2 aromatic carbocycles. The van der Waals surface area contributed by atoms with E-state index in [4.69, 9.17) is 5.73 Å². The number of aromatic hydroxyl groups is 1. The maximum atomic E-state index is 12.5. The summed E-state index contributed by atoms with van der Waals surface area (Å²) >= 11 is 0. The van der Waals surface area contributed by atoms with Gasteiger partial charge in [-0.3, -0.25) is 4.79 Å². The van der Waals surface area contributed by atoms with Crippen LogP contribution in [0.3, 0.4) is 0 Å². The fourth-order valence-electron chi connectivity index (χ4n) is 3.06. The lowest BCUT2D eigenvalue weighted by atomic mass is 10.0. The Morgan fingerprint density at radius 2 is 1.60 bits per heavy atom. The first-order valence-electron chi connectivity index (χ1n) is 8.26. The van der Waals surface area contributed by atoms with Gasteiger partial charge in [0.25, 0.3) is 0 Å². The second-order valence-corrected chi connectivity index (χ2v) is 6.08. The number of amides is 1. The number of phenols is 1. The van der Waals surface area contributed by atoms with Crippen molar-refractivity contribution >= 4 is 24.0 Å². The predicted molar refractivity (Wildman–Crippen MR) is 102 cm³/mol. The summed E-state index contributed by atoms with van der Waals surface area (Å²) in [5, 5.41) is 9.94. The summed E-state index contributed by atoms with van der Waals surface area (Å²) in [4.78, 5) is 16.4. The Morgan fingerprint density at radius 3 is 2.24 bits per heavy atom. The first-order chi connectivity index (χ1) is 11.6. The lowest BCUT2D eigenvalue weighted by Crippen LogP contribution is -2.49. The molecule has 2 aromatic rings. The zero-order valence-corrected chi connectivity index (χ0v) is 14.9. The molecule has 25 heavy (non-hydrogen) atoms. The first kappa shape index (κ1) is 19.1. The van der Waals surface area contributed by atoms with Crippen molar-refractivity contribution in [2.75, 3.05) is 31.1 Å². The van der Waals surface area contributed by atoms with Crippen molar-refractivity contribution in [1.29, 1.82) is 0 Å². The van der Waals surface area contributed by atoms with Gasteiger partial charge < -0.3 is 20.6 Å². The molecule has 0 spiro atoms. The summed E-state index contributed by atoms with van der Waals surface area (Å²) in [5.41, 5.74) is 7.96.